The maximum absolute atomic E-state index is 12.0. The zero-order valence-electron chi connectivity index (χ0n) is 12.9. The molecule has 1 rings (SSSR count). The molecule has 120 valence electrons. The molecule has 6 nitrogen and oxygen atoms in total. The molecule has 1 N–H and O–H groups in total. The molecule has 0 aliphatic heterocycles. The Morgan fingerprint density at radius 1 is 1.27 bits per heavy atom. The highest BCUT2D eigenvalue weighted by Gasteiger charge is 2.17. The van der Waals surface area contributed by atoms with Crippen molar-refractivity contribution in [1.82, 2.24) is 4.72 Å². The Morgan fingerprint density at radius 3 is 2.36 bits per heavy atom. The van der Waals surface area contributed by atoms with Crippen LogP contribution in [0.3, 0.4) is 0 Å². The van der Waals surface area contributed by atoms with Crippen molar-refractivity contribution in [2.75, 3.05) is 6.54 Å². The molecule has 0 aliphatic rings. The van der Waals surface area contributed by atoms with Crippen LogP contribution in [0.2, 0.25) is 0 Å². The lowest BCUT2D eigenvalue weighted by molar-refractivity contribution is -0.154. The Bertz CT molecular complexity index is 652. The average Bonchev–Trinajstić information content (AvgIpc) is 2.42. The van der Waals surface area contributed by atoms with Gasteiger partial charge in [-0.3, -0.25) is 4.79 Å². The van der Waals surface area contributed by atoms with E-state index in [0.717, 1.165) is 0 Å². The molecule has 1 aromatic carbocycles. The Balaban J connectivity index is 2.46. The van der Waals surface area contributed by atoms with Gasteiger partial charge in [-0.15, -0.1) is 0 Å². The predicted molar refractivity (Wildman–Crippen MR) is 81.4 cm³/mol. The van der Waals surface area contributed by atoms with E-state index in [2.05, 4.69) is 4.72 Å². The molecular formula is C15H20N2O4S. The van der Waals surface area contributed by atoms with Gasteiger partial charge in [0.05, 0.1) is 16.5 Å². The van der Waals surface area contributed by atoms with Gasteiger partial charge in [0.1, 0.15) is 5.60 Å². The van der Waals surface area contributed by atoms with Gasteiger partial charge in [0.15, 0.2) is 0 Å². The van der Waals surface area contributed by atoms with Crippen LogP contribution in [0.25, 0.3) is 0 Å². The van der Waals surface area contributed by atoms with Gasteiger partial charge in [0.25, 0.3) is 0 Å². The lowest BCUT2D eigenvalue weighted by Gasteiger charge is -2.19. The second-order valence-electron chi connectivity index (χ2n) is 5.72. The minimum absolute atomic E-state index is 0.0868. The molecule has 0 spiro atoms. The van der Waals surface area contributed by atoms with Gasteiger partial charge < -0.3 is 4.74 Å². The molecule has 0 bridgehead atoms. The van der Waals surface area contributed by atoms with Crippen LogP contribution in [-0.4, -0.2) is 26.5 Å². The molecule has 7 heteroatoms. The Hall–Kier alpha value is -1.91. The van der Waals surface area contributed by atoms with Gasteiger partial charge in [-0.2, -0.15) is 5.26 Å². The summed E-state index contributed by atoms with van der Waals surface area (Å²) in [6, 6.07) is 7.54. The molecule has 0 radical (unpaired) electrons. The highest BCUT2D eigenvalue weighted by molar-refractivity contribution is 7.89. The molecule has 22 heavy (non-hydrogen) atoms. The fourth-order valence-corrected chi connectivity index (χ4v) is 2.70. The Kier molecular flexibility index (Phi) is 6.09. The van der Waals surface area contributed by atoms with E-state index < -0.39 is 15.6 Å². The summed E-state index contributed by atoms with van der Waals surface area (Å²) < 4.78 is 31.5. The van der Waals surface area contributed by atoms with Crippen molar-refractivity contribution in [1.29, 1.82) is 5.26 Å². The Labute approximate surface area is 131 Å². The van der Waals surface area contributed by atoms with Crippen molar-refractivity contribution >= 4 is 16.0 Å². The van der Waals surface area contributed by atoms with E-state index in [4.69, 9.17) is 10.00 Å². The molecule has 0 unspecified atom stereocenters. The van der Waals surface area contributed by atoms with E-state index in [-0.39, 0.29) is 23.8 Å². The highest BCUT2D eigenvalue weighted by atomic mass is 32.2. The van der Waals surface area contributed by atoms with Crippen molar-refractivity contribution < 1.29 is 17.9 Å². The monoisotopic (exact) mass is 324 g/mol. The van der Waals surface area contributed by atoms with E-state index >= 15 is 0 Å². The summed E-state index contributed by atoms with van der Waals surface area (Å²) in [6.07, 6.45) is 0.498. The van der Waals surface area contributed by atoms with Gasteiger partial charge in [-0.1, -0.05) is 0 Å². The van der Waals surface area contributed by atoms with E-state index in [1.807, 2.05) is 6.07 Å². The highest BCUT2D eigenvalue weighted by Crippen LogP contribution is 2.11. The first-order valence-electron chi connectivity index (χ1n) is 6.86. The van der Waals surface area contributed by atoms with Gasteiger partial charge in [-0.05, 0) is 51.5 Å². The average molecular weight is 324 g/mol. The third kappa shape index (κ3) is 6.24. The predicted octanol–water partition coefficient (Wildman–Crippen LogP) is 1.96. The fourth-order valence-electron chi connectivity index (χ4n) is 1.62. The lowest BCUT2D eigenvalue weighted by Crippen LogP contribution is -2.27. The number of hydrogen-bond acceptors (Lipinski definition) is 5. The third-order valence-corrected chi connectivity index (χ3v) is 4.04. The zero-order valence-corrected chi connectivity index (χ0v) is 13.7. The second-order valence-corrected chi connectivity index (χ2v) is 7.49. The topological polar surface area (TPSA) is 96.3 Å². The first-order valence-corrected chi connectivity index (χ1v) is 8.34. The first-order chi connectivity index (χ1) is 10.1. The van der Waals surface area contributed by atoms with Gasteiger partial charge in [-0.25, -0.2) is 13.1 Å². The molecular weight excluding hydrogens is 304 g/mol. The van der Waals surface area contributed by atoms with Crippen molar-refractivity contribution in [2.24, 2.45) is 0 Å². The number of benzene rings is 1. The number of hydrogen-bond donors (Lipinski definition) is 1. The number of nitrogens with one attached hydrogen (secondary N) is 1. The molecule has 0 amide bonds. The first kappa shape index (κ1) is 18.1. The minimum atomic E-state index is -3.63. The molecule has 1 aromatic rings. The summed E-state index contributed by atoms with van der Waals surface area (Å²) in [6.45, 7) is 5.47. The minimum Gasteiger partial charge on any atom is -0.460 e. The van der Waals surface area contributed by atoms with Crippen LogP contribution in [-0.2, 0) is 19.6 Å². The van der Waals surface area contributed by atoms with Crippen LogP contribution < -0.4 is 4.72 Å². The summed E-state index contributed by atoms with van der Waals surface area (Å²) in [4.78, 5) is 11.6. The number of rotatable bonds is 6. The van der Waals surface area contributed by atoms with Crippen molar-refractivity contribution in [3.8, 4) is 6.07 Å². The van der Waals surface area contributed by atoms with E-state index in [1.165, 1.54) is 24.3 Å². The quantitative estimate of drug-likeness (QED) is 0.637. The molecule has 0 saturated carbocycles. The van der Waals surface area contributed by atoms with Crippen LogP contribution in [0.1, 0.15) is 39.2 Å². The maximum Gasteiger partial charge on any atom is 0.306 e. The molecule has 0 heterocycles. The number of carbonyl (C=O) groups is 1. The number of esters is 1. The van der Waals surface area contributed by atoms with Crippen LogP contribution in [0.5, 0.6) is 0 Å². The zero-order chi connectivity index (χ0) is 16.8. The number of nitriles is 1. The molecule has 0 saturated heterocycles. The van der Waals surface area contributed by atoms with E-state index in [1.54, 1.807) is 20.8 Å². The van der Waals surface area contributed by atoms with Crippen molar-refractivity contribution in [3.05, 3.63) is 29.8 Å². The number of ether oxygens (including phenoxy) is 1. The van der Waals surface area contributed by atoms with Crippen LogP contribution >= 0.6 is 0 Å². The van der Waals surface area contributed by atoms with E-state index in [0.29, 0.717) is 12.0 Å². The molecule has 0 atom stereocenters. The standard InChI is InChI=1S/C15H20N2O4S/c1-15(2,3)21-14(18)5-4-10-17-22(19,20)13-8-6-12(11-16)7-9-13/h6-9,17H,4-5,10H2,1-3H3. The van der Waals surface area contributed by atoms with Gasteiger partial charge in [0, 0.05) is 13.0 Å². The van der Waals surface area contributed by atoms with Crippen molar-refractivity contribution in [2.45, 2.75) is 44.1 Å². The number of sulfonamides is 1. The van der Waals surface area contributed by atoms with E-state index in [9.17, 15) is 13.2 Å². The SMILES string of the molecule is CC(C)(C)OC(=O)CCCNS(=O)(=O)c1ccc(C#N)cc1. The maximum atomic E-state index is 12.0. The number of nitrogens with zero attached hydrogens (tertiary/aromatic N) is 1. The molecule has 0 aliphatic carbocycles. The summed E-state index contributed by atoms with van der Waals surface area (Å²) in [5, 5.41) is 8.68. The van der Waals surface area contributed by atoms with Crippen LogP contribution in [0.15, 0.2) is 29.2 Å². The summed E-state index contributed by atoms with van der Waals surface area (Å²) in [7, 11) is -3.63. The van der Waals surface area contributed by atoms with Crippen LogP contribution in [0.4, 0.5) is 0 Å². The summed E-state index contributed by atoms with van der Waals surface area (Å²) in [5.74, 6) is -0.356. The number of carbonyl (C=O) groups excluding carboxylic acids is 1. The normalized spacial score (nSPS) is 11.7. The van der Waals surface area contributed by atoms with Crippen molar-refractivity contribution in [3.63, 3.8) is 0 Å². The molecule has 0 fully saturated rings. The second kappa shape index (κ2) is 7.38. The summed E-state index contributed by atoms with van der Waals surface area (Å²) in [5.41, 5.74) is -0.150. The third-order valence-electron chi connectivity index (χ3n) is 2.56. The van der Waals surface area contributed by atoms with Crippen LogP contribution in [0, 0.1) is 11.3 Å². The lowest BCUT2D eigenvalue weighted by atomic mass is 10.2. The Morgan fingerprint density at radius 2 is 1.86 bits per heavy atom. The fraction of sp³-hybridized carbons (Fsp3) is 0.467. The molecule has 0 aromatic heterocycles. The largest absolute Gasteiger partial charge is 0.460 e. The van der Waals surface area contributed by atoms with Gasteiger partial charge in [0.2, 0.25) is 10.0 Å². The summed E-state index contributed by atoms with van der Waals surface area (Å²) >= 11 is 0. The van der Waals surface area contributed by atoms with Gasteiger partial charge >= 0.3 is 5.97 Å². The smallest absolute Gasteiger partial charge is 0.306 e.